The highest BCUT2D eigenvalue weighted by molar-refractivity contribution is 5.90. The van der Waals surface area contributed by atoms with E-state index in [1.54, 1.807) is 0 Å². The first-order chi connectivity index (χ1) is 14.8. The predicted molar refractivity (Wildman–Crippen MR) is 119 cm³/mol. The molecule has 0 bridgehead atoms. The predicted octanol–water partition coefficient (Wildman–Crippen LogP) is -0.389. The van der Waals surface area contributed by atoms with Gasteiger partial charge >= 0.3 is 0 Å². The van der Waals surface area contributed by atoms with Gasteiger partial charge in [0, 0.05) is 19.1 Å². The zero-order valence-corrected chi connectivity index (χ0v) is 18.9. The van der Waals surface area contributed by atoms with Crippen molar-refractivity contribution < 1.29 is 19.1 Å². The first-order valence-corrected chi connectivity index (χ1v) is 10.7. The Morgan fingerprint density at radius 3 is 2.61 bits per heavy atom. The number of carbonyl (C=O) groups is 3. The summed E-state index contributed by atoms with van der Waals surface area (Å²) in [5, 5.41) is 8.23. The van der Waals surface area contributed by atoms with Gasteiger partial charge in [-0.2, -0.15) is 0 Å². The molecule has 1 unspecified atom stereocenters. The van der Waals surface area contributed by atoms with Crippen molar-refractivity contribution >= 4 is 17.7 Å². The molecule has 0 saturated heterocycles. The lowest BCUT2D eigenvalue weighted by molar-refractivity contribution is -0.130. The van der Waals surface area contributed by atoms with Crippen molar-refractivity contribution in [1.82, 2.24) is 25.8 Å². The highest BCUT2D eigenvalue weighted by Crippen LogP contribution is 2.20. The van der Waals surface area contributed by atoms with E-state index in [2.05, 4.69) is 16.0 Å². The summed E-state index contributed by atoms with van der Waals surface area (Å²) in [5.74, 6) is -0.0889. The molecule has 0 spiro atoms. The van der Waals surface area contributed by atoms with Crippen LogP contribution < -0.4 is 20.7 Å². The summed E-state index contributed by atoms with van der Waals surface area (Å²) in [5.41, 5.74) is 1.07. The molecule has 3 amide bonds. The third-order valence-corrected chi connectivity index (χ3v) is 5.17. The first kappa shape index (κ1) is 24.6. The fourth-order valence-electron chi connectivity index (χ4n) is 3.22. The average Bonchev–Trinajstić information content (AvgIpc) is 2.72. The average molecular weight is 434 g/mol. The third-order valence-electron chi connectivity index (χ3n) is 5.17. The van der Waals surface area contributed by atoms with Crippen LogP contribution in [0.4, 0.5) is 0 Å². The van der Waals surface area contributed by atoms with Crippen molar-refractivity contribution in [3.05, 3.63) is 29.8 Å². The second-order valence-electron chi connectivity index (χ2n) is 8.24. The molecule has 0 aromatic heterocycles. The molecule has 0 fully saturated rings. The number of nitrogens with one attached hydrogen (secondary N) is 3. The molecule has 1 aliphatic rings. The maximum absolute atomic E-state index is 12.6. The molecule has 1 aliphatic heterocycles. The molecule has 0 aliphatic carbocycles. The maximum atomic E-state index is 12.6. The molecule has 0 radical (unpaired) electrons. The highest BCUT2D eigenvalue weighted by atomic mass is 16.5. The van der Waals surface area contributed by atoms with E-state index in [9.17, 15) is 14.4 Å². The third kappa shape index (κ3) is 8.55. The van der Waals surface area contributed by atoms with E-state index in [0.717, 1.165) is 24.2 Å². The molecule has 31 heavy (non-hydrogen) atoms. The molecule has 1 heterocycles. The molecule has 9 nitrogen and oxygen atoms in total. The quantitative estimate of drug-likeness (QED) is 0.587. The van der Waals surface area contributed by atoms with Crippen LogP contribution in [-0.2, 0) is 20.8 Å². The first-order valence-electron chi connectivity index (χ1n) is 10.7. The topological polar surface area (TPSA) is 103 Å². The summed E-state index contributed by atoms with van der Waals surface area (Å²) < 4.78 is 6.02. The minimum absolute atomic E-state index is 0.00952. The minimum atomic E-state index is -0.698. The molecule has 2 atom stereocenters. The van der Waals surface area contributed by atoms with Crippen molar-refractivity contribution in [1.29, 1.82) is 0 Å². The maximum Gasteiger partial charge on any atom is 0.243 e. The molecule has 0 saturated carbocycles. The smallest absolute Gasteiger partial charge is 0.243 e. The van der Waals surface area contributed by atoms with Crippen molar-refractivity contribution in [3.63, 3.8) is 0 Å². The Labute approximate surface area is 184 Å². The largest absolute Gasteiger partial charge is 0.492 e. The number of nitrogens with zero attached hydrogens (tertiary/aromatic N) is 2. The summed E-state index contributed by atoms with van der Waals surface area (Å²) in [4.78, 5) is 40.8. The summed E-state index contributed by atoms with van der Waals surface area (Å²) in [6.45, 7) is 3.24. The van der Waals surface area contributed by atoms with E-state index in [4.69, 9.17) is 4.74 Å². The van der Waals surface area contributed by atoms with Crippen LogP contribution in [0.1, 0.15) is 18.9 Å². The number of amides is 3. The van der Waals surface area contributed by atoms with Gasteiger partial charge in [-0.1, -0.05) is 18.2 Å². The summed E-state index contributed by atoms with van der Waals surface area (Å²) >= 11 is 0. The van der Waals surface area contributed by atoms with Crippen LogP contribution in [0.3, 0.4) is 0 Å². The van der Waals surface area contributed by atoms with E-state index in [0.29, 0.717) is 19.7 Å². The molecule has 1 aromatic rings. The normalized spacial score (nSPS) is 22.9. The van der Waals surface area contributed by atoms with Crippen LogP contribution in [-0.4, -0.2) is 93.5 Å². The van der Waals surface area contributed by atoms with Crippen LogP contribution >= 0.6 is 0 Å². The van der Waals surface area contributed by atoms with Crippen molar-refractivity contribution in [3.8, 4) is 5.75 Å². The molecule has 9 heteroatoms. The zero-order valence-electron chi connectivity index (χ0n) is 18.9. The van der Waals surface area contributed by atoms with Gasteiger partial charge in [-0.25, -0.2) is 0 Å². The Hall–Kier alpha value is -2.65. The van der Waals surface area contributed by atoms with Crippen LogP contribution in [0.2, 0.25) is 0 Å². The fourth-order valence-corrected chi connectivity index (χ4v) is 3.22. The molecule has 2 rings (SSSR count). The van der Waals surface area contributed by atoms with Gasteiger partial charge in [-0.15, -0.1) is 0 Å². The number of aryl methyl sites for hydroxylation is 1. The van der Waals surface area contributed by atoms with E-state index in [1.165, 1.54) is 0 Å². The number of carbonyl (C=O) groups excluding carboxylic acids is 3. The van der Waals surface area contributed by atoms with Gasteiger partial charge in [-0.3, -0.25) is 19.3 Å². The Balaban J connectivity index is 2.13. The van der Waals surface area contributed by atoms with Gasteiger partial charge in [0.1, 0.15) is 18.4 Å². The number of benzene rings is 1. The summed E-state index contributed by atoms with van der Waals surface area (Å²) in [6.07, 6.45) is 1.51. The number of hydrogen-bond donors (Lipinski definition) is 3. The molecular formula is C22H35N5O4. The van der Waals surface area contributed by atoms with Gasteiger partial charge in [0.25, 0.3) is 0 Å². The van der Waals surface area contributed by atoms with Crippen LogP contribution in [0, 0.1) is 0 Å². The number of para-hydroxylation sites is 1. The second kappa shape index (κ2) is 12.3. The van der Waals surface area contributed by atoms with Gasteiger partial charge in [-0.05, 0) is 52.5 Å². The second-order valence-corrected chi connectivity index (χ2v) is 8.24. The highest BCUT2D eigenvalue weighted by Gasteiger charge is 2.22. The van der Waals surface area contributed by atoms with Crippen molar-refractivity contribution in [2.45, 2.75) is 31.8 Å². The van der Waals surface area contributed by atoms with Crippen molar-refractivity contribution in [2.75, 3.05) is 53.9 Å². The molecule has 172 valence electrons. The lowest BCUT2D eigenvalue weighted by Gasteiger charge is -2.25. The summed E-state index contributed by atoms with van der Waals surface area (Å²) in [7, 11) is 5.51. The van der Waals surface area contributed by atoms with Crippen LogP contribution in [0.5, 0.6) is 5.75 Å². The van der Waals surface area contributed by atoms with Gasteiger partial charge < -0.3 is 25.6 Å². The summed E-state index contributed by atoms with van der Waals surface area (Å²) in [6, 6.07) is 7.17. The van der Waals surface area contributed by atoms with Gasteiger partial charge in [0.05, 0.1) is 13.1 Å². The number of ether oxygens (including phenoxy) is 1. The van der Waals surface area contributed by atoms with E-state index in [1.807, 2.05) is 62.1 Å². The standard InChI is InChI=1S/C22H35N5O4/c1-16-15-31-19-10-6-5-8-17(19)9-7-11-23-22(30)18(13-26(2)3)25-20(28)12-24-21(29)14-27(16)4/h5-6,8,10,16,18H,7,9,11-15H2,1-4H3,(H,23,30)(H,24,29)(H,25,28)/t16-,18?/m0/s1. The number of fused-ring (bicyclic) bond motifs is 1. The fraction of sp³-hybridized carbons (Fsp3) is 0.591. The van der Waals surface area contributed by atoms with Crippen LogP contribution in [0.15, 0.2) is 24.3 Å². The SMILES string of the molecule is C[C@H]1COc2ccccc2CCCNC(=O)C(CN(C)C)NC(=O)CNC(=O)CN1C. The van der Waals surface area contributed by atoms with Crippen molar-refractivity contribution in [2.24, 2.45) is 0 Å². The molecular weight excluding hydrogens is 398 g/mol. The Morgan fingerprint density at radius 2 is 1.87 bits per heavy atom. The lowest BCUT2D eigenvalue weighted by Crippen LogP contribution is -2.54. The number of rotatable bonds is 2. The van der Waals surface area contributed by atoms with E-state index < -0.39 is 11.9 Å². The minimum Gasteiger partial charge on any atom is -0.492 e. The number of likely N-dealkylation sites (N-methyl/N-ethyl adjacent to an activating group) is 2. The van der Waals surface area contributed by atoms with Gasteiger partial charge in [0.2, 0.25) is 17.7 Å². The monoisotopic (exact) mass is 433 g/mol. The van der Waals surface area contributed by atoms with Gasteiger partial charge in [0.15, 0.2) is 0 Å². The molecule has 1 aromatic carbocycles. The zero-order chi connectivity index (χ0) is 22.8. The van der Waals surface area contributed by atoms with E-state index >= 15 is 0 Å². The Bertz CT molecular complexity index is 755. The Kier molecular flexibility index (Phi) is 9.74. The number of hydrogen-bond acceptors (Lipinski definition) is 6. The van der Waals surface area contributed by atoms with E-state index in [-0.39, 0.29) is 30.9 Å². The van der Waals surface area contributed by atoms with Crippen LogP contribution in [0.25, 0.3) is 0 Å². The Morgan fingerprint density at radius 1 is 1.13 bits per heavy atom. The lowest BCUT2D eigenvalue weighted by atomic mass is 10.1. The molecule has 3 N–H and O–H groups in total.